The zero-order valence-corrected chi connectivity index (χ0v) is 28.7. The number of carbonyl (C=O) groups excluding carboxylic acids is 2. The SMILES string of the molecule is CC(C)c1ncnc(C(C)C)c1-n1c(=O)c2c(c3cc(Cl)c(Br)c(F)c31)N1C[C@@H](C)N(C(=O)OC(C)(C)C)C[C@@H]1C(=O)N2C. The number of halogens is 3. The minimum atomic E-state index is -0.835. The van der Waals surface area contributed by atoms with Gasteiger partial charge in [-0.25, -0.2) is 19.2 Å². The maximum absolute atomic E-state index is 16.5. The Morgan fingerprint density at radius 3 is 2.20 bits per heavy atom. The quantitative estimate of drug-likeness (QED) is 0.294. The molecule has 3 aromatic rings. The number of ether oxygens (including phenoxy) is 1. The standard InChI is InChI=1S/C31H37BrClFN6O4/c1-14(2)22-26(23(15(3)4)36-13-35-22)40-24-17(10-18(33)20(32)21(24)34)25-27(29(40)42)37(9)28(41)19-12-38(16(5)11-39(19)25)30(43)44-31(6,7)8/h10,13-16,19H,11-12H2,1-9H3/t16-,19-/m1/s1. The van der Waals surface area contributed by atoms with E-state index in [9.17, 15) is 14.4 Å². The highest BCUT2D eigenvalue weighted by Crippen LogP contribution is 2.45. The summed E-state index contributed by atoms with van der Waals surface area (Å²) in [5.74, 6) is -1.36. The van der Waals surface area contributed by atoms with Crippen LogP contribution < -0.4 is 15.4 Å². The van der Waals surface area contributed by atoms with Crippen molar-refractivity contribution in [2.45, 2.75) is 84.9 Å². The third-order valence-corrected chi connectivity index (χ3v) is 9.35. The average Bonchev–Trinajstić information content (AvgIpc) is 2.93. The van der Waals surface area contributed by atoms with Crippen LogP contribution in [0.3, 0.4) is 0 Å². The molecule has 5 rings (SSSR count). The van der Waals surface area contributed by atoms with Crippen LogP contribution in [-0.4, -0.2) is 69.3 Å². The summed E-state index contributed by atoms with van der Waals surface area (Å²) in [6.45, 7) is 15.2. The topological polar surface area (TPSA) is 101 Å². The van der Waals surface area contributed by atoms with Crippen LogP contribution in [0.5, 0.6) is 0 Å². The van der Waals surface area contributed by atoms with Crippen molar-refractivity contribution in [1.82, 2.24) is 19.4 Å². The van der Waals surface area contributed by atoms with Gasteiger partial charge in [-0.05, 0) is 61.5 Å². The number of hydrogen-bond donors (Lipinski definition) is 0. The molecule has 0 aliphatic carbocycles. The predicted molar refractivity (Wildman–Crippen MR) is 173 cm³/mol. The lowest BCUT2D eigenvalue weighted by atomic mass is 9.97. The Hall–Kier alpha value is -3.25. The van der Waals surface area contributed by atoms with Crippen molar-refractivity contribution in [3.05, 3.63) is 49.4 Å². The molecule has 2 atom stereocenters. The van der Waals surface area contributed by atoms with Gasteiger partial charge in [0.05, 0.1) is 44.3 Å². The van der Waals surface area contributed by atoms with Gasteiger partial charge in [0.2, 0.25) is 0 Å². The molecule has 0 N–H and O–H groups in total. The molecule has 1 saturated heterocycles. The van der Waals surface area contributed by atoms with E-state index in [1.807, 2.05) is 34.6 Å². The number of benzene rings is 1. The number of aromatic nitrogens is 3. The Bertz CT molecular complexity index is 1730. The molecule has 44 heavy (non-hydrogen) atoms. The van der Waals surface area contributed by atoms with Crippen LogP contribution >= 0.6 is 27.5 Å². The molecule has 0 spiro atoms. The van der Waals surface area contributed by atoms with Gasteiger partial charge < -0.3 is 19.4 Å². The number of anilines is 2. The summed E-state index contributed by atoms with van der Waals surface area (Å²) in [6.07, 6.45) is 0.921. The Balaban J connectivity index is 1.85. The molecule has 4 heterocycles. The van der Waals surface area contributed by atoms with Crippen LogP contribution in [0.25, 0.3) is 16.6 Å². The minimum absolute atomic E-state index is 0.00708. The van der Waals surface area contributed by atoms with Crippen molar-refractivity contribution in [3.8, 4) is 5.69 Å². The first-order valence-corrected chi connectivity index (χ1v) is 15.8. The molecule has 1 aromatic carbocycles. The molecule has 236 valence electrons. The van der Waals surface area contributed by atoms with Crippen LogP contribution in [0.15, 0.2) is 21.7 Å². The Morgan fingerprint density at radius 2 is 1.66 bits per heavy atom. The van der Waals surface area contributed by atoms with Crippen molar-refractivity contribution < 1.29 is 18.7 Å². The molecule has 13 heteroatoms. The lowest BCUT2D eigenvalue weighted by Gasteiger charge is -2.50. The van der Waals surface area contributed by atoms with Crippen LogP contribution in [0, 0.1) is 5.82 Å². The van der Waals surface area contributed by atoms with E-state index in [0.29, 0.717) is 28.1 Å². The number of likely N-dealkylation sites (N-methyl/N-ethyl adjacent to an activating group) is 1. The molecule has 0 unspecified atom stereocenters. The molecule has 0 bridgehead atoms. The molecular formula is C31H37BrClFN6O4. The van der Waals surface area contributed by atoms with Crippen LogP contribution in [-0.2, 0) is 9.53 Å². The summed E-state index contributed by atoms with van der Waals surface area (Å²) in [4.78, 5) is 55.5. The molecule has 0 saturated carbocycles. The second-order valence-electron chi connectivity index (χ2n) is 13.1. The molecule has 2 amide bonds. The number of carbonyl (C=O) groups is 2. The molecule has 2 aliphatic rings. The van der Waals surface area contributed by atoms with Gasteiger partial charge in [0, 0.05) is 25.0 Å². The highest BCUT2D eigenvalue weighted by Gasteiger charge is 2.47. The fraction of sp³-hybridized carbons (Fsp3) is 0.516. The van der Waals surface area contributed by atoms with Gasteiger partial charge >= 0.3 is 6.09 Å². The van der Waals surface area contributed by atoms with Crippen LogP contribution in [0.2, 0.25) is 5.02 Å². The summed E-state index contributed by atoms with van der Waals surface area (Å²) < 4.78 is 23.5. The first-order valence-electron chi connectivity index (χ1n) is 14.6. The van der Waals surface area contributed by atoms with E-state index in [1.54, 1.807) is 31.7 Å². The summed E-state index contributed by atoms with van der Waals surface area (Å²) in [5, 5.41) is 0.456. The van der Waals surface area contributed by atoms with Crippen molar-refractivity contribution >= 4 is 61.8 Å². The number of nitrogens with zero attached hydrogens (tertiary/aromatic N) is 6. The van der Waals surface area contributed by atoms with Gasteiger partial charge in [-0.15, -0.1) is 0 Å². The molecule has 1 fully saturated rings. The number of amides is 2. The second-order valence-corrected chi connectivity index (χ2v) is 14.3. The number of piperazine rings is 1. The lowest BCUT2D eigenvalue weighted by molar-refractivity contribution is -0.121. The number of fused-ring (bicyclic) bond motifs is 5. The van der Waals surface area contributed by atoms with Crippen molar-refractivity contribution in [2.24, 2.45) is 0 Å². The fourth-order valence-electron chi connectivity index (χ4n) is 6.05. The summed E-state index contributed by atoms with van der Waals surface area (Å²) in [7, 11) is 1.52. The van der Waals surface area contributed by atoms with E-state index in [2.05, 4.69) is 25.9 Å². The van der Waals surface area contributed by atoms with Crippen LogP contribution in [0.1, 0.15) is 78.6 Å². The monoisotopic (exact) mass is 690 g/mol. The van der Waals surface area contributed by atoms with Gasteiger partial charge in [-0.1, -0.05) is 39.3 Å². The summed E-state index contributed by atoms with van der Waals surface area (Å²) >= 11 is 9.84. The smallest absolute Gasteiger partial charge is 0.410 e. The lowest BCUT2D eigenvalue weighted by Crippen LogP contribution is -2.66. The molecule has 10 nitrogen and oxygen atoms in total. The van der Waals surface area contributed by atoms with Gasteiger partial charge in [0.15, 0.2) is 5.82 Å². The number of rotatable bonds is 3. The van der Waals surface area contributed by atoms with Crippen LogP contribution in [0.4, 0.5) is 20.6 Å². The van der Waals surface area contributed by atoms with E-state index in [4.69, 9.17) is 16.3 Å². The maximum atomic E-state index is 16.5. The van der Waals surface area contributed by atoms with Crippen molar-refractivity contribution in [3.63, 3.8) is 0 Å². The second kappa shape index (κ2) is 11.3. The molecular weight excluding hydrogens is 655 g/mol. The van der Waals surface area contributed by atoms with Crippen molar-refractivity contribution in [2.75, 3.05) is 29.9 Å². The Morgan fingerprint density at radius 1 is 1.07 bits per heavy atom. The van der Waals surface area contributed by atoms with Gasteiger partial charge in [-0.3, -0.25) is 14.2 Å². The molecule has 2 aliphatic heterocycles. The van der Waals surface area contributed by atoms with E-state index < -0.39 is 29.1 Å². The third-order valence-electron chi connectivity index (χ3n) is 8.05. The Labute approximate surface area is 269 Å². The van der Waals surface area contributed by atoms with Gasteiger partial charge in [0.25, 0.3) is 11.5 Å². The molecule has 2 aromatic heterocycles. The minimum Gasteiger partial charge on any atom is -0.444 e. The van der Waals surface area contributed by atoms with E-state index in [1.165, 1.54) is 27.7 Å². The zero-order chi connectivity index (χ0) is 32.6. The number of hydrogen-bond acceptors (Lipinski definition) is 7. The van der Waals surface area contributed by atoms with E-state index in [-0.39, 0.29) is 57.6 Å². The van der Waals surface area contributed by atoms with Gasteiger partial charge in [-0.2, -0.15) is 0 Å². The summed E-state index contributed by atoms with van der Waals surface area (Å²) in [5.41, 5.74) is 0.674. The molecule has 0 radical (unpaired) electrons. The van der Waals surface area contributed by atoms with E-state index >= 15 is 4.39 Å². The first kappa shape index (κ1) is 32.2. The third kappa shape index (κ3) is 5.13. The Kier molecular flexibility index (Phi) is 8.24. The first-order chi connectivity index (χ1) is 20.5. The zero-order valence-electron chi connectivity index (χ0n) is 26.3. The highest BCUT2D eigenvalue weighted by molar-refractivity contribution is 9.10. The van der Waals surface area contributed by atoms with Crippen molar-refractivity contribution in [1.29, 1.82) is 0 Å². The predicted octanol–water partition coefficient (Wildman–Crippen LogP) is 6.37. The number of pyridine rings is 1. The largest absolute Gasteiger partial charge is 0.444 e. The normalized spacial score (nSPS) is 18.8. The highest BCUT2D eigenvalue weighted by atomic mass is 79.9. The maximum Gasteiger partial charge on any atom is 0.410 e. The fourth-order valence-corrected chi connectivity index (χ4v) is 6.55. The summed E-state index contributed by atoms with van der Waals surface area (Å²) in [6, 6.07) is 0.386. The van der Waals surface area contributed by atoms with Gasteiger partial charge in [0.1, 0.15) is 23.7 Å². The van der Waals surface area contributed by atoms with E-state index in [0.717, 1.165) is 0 Å². The average molecular weight is 692 g/mol.